The fraction of sp³-hybridized carbons (Fsp3) is 0.583. The molecule has 0 unspecified atom stereocenters. The van der Waals surface area contributed by atoms with E-state index in [4.69, 9.17) is 0 Å². The van der Waals surface area contributed by atoms with E-state index in [1.54, 1.807) is 19.2 Å². The summed E-state index contributed by atoms with van der Waals surface area (Å²) in [6, 6.07) is 0. The molecule has 21 heavy (non-hydrogen) atoms. The summed E-state index contributed by atoms with van der Waals surface area (Å²) in [5.74, 6) is -2.88. The van der Waals surface area contributed by atoms with Crippen LogP contribution in [0.3, 0.4) is 0 Å². The SMILES string of the molecule is Cc1n[nH]c(C)c1CNC(=O)C(C)(C)NC(=O)C(F)(F)F. The van der Waals surface area contributed by atoms with Gasteiger partial charge in [-0.1, -0.05) is 0 Å². The van der Waals surface area contributed by atoms with Crippen LogP contribution in [0.15, 0.2) is 0 Å². The zero-order valence-electron chi connectivity index (χ0n) is 12.1. The molecule has 0 radical (unpaired) electrons. The maximum absolute atomic E-state index is 12.2. The first-order valence-corrected chi connectivity index (χ1v) is 6.13. The standard InChI is InChI=1S/C12H17F3N4O2/c1-6-8(7(2)19-18-6)5-16-9(20)11(3,4)17-10(21)12(13,14)15/h5H2,1-4H3,(H,16,20)(H,17,21)(H,18,19). The van der Waals surface area contributed by atoms with Crippen molar-refractivity contribution in [3.8, 4) is 0 Å². The van der Waals surface area contributed by atoms with Gasteiger partial charge in [-0.2, -0.15) is 18.3 Å². The molecule has 6 nitrogen and oxygen atoms in total. The first-order chi connectivity index (χ1) is 9.45. The lowest BCUT2D eigenvalue weighted by Gasteiger charge is -2.25. The molecule has 0 saturated heterocycles. The molecule has 118 valence electrons. The molecule has 0 aromatic carbocycles. The maximum Gasteiger partial charge on any atom is 0.471 e. The van der Waals surface area contributed by atoms with Crippen molar-refractivity contribution in [2.75, 3.05) is 0 Å². The molecule has 0 saturated carbocycles. The maximum atomic E-state index is 12.2. The molecule has 3 N–H and O–H groups in total. The van der Waals surface area contributed by atoms with E-state index in [0.717, 1.165) is 11.3 Å². The highest BCUT2D eigenvalue weighted by molar-refractivity contribution is 5.92. The Balaban J connectivity index is 2.68. The number of halogens is 3. The Morgan fingerprint density at radius 2 is 1.76 bits per heavy atom. The van der Waals surface area contributed by atoms with Crippen LogP contribution in [0.1, 0.15) is 30.8 Å². The van der Waals surface area contributed by atoms with E-state index in [1.165, 1.54) is 13.8 Å². The van der Waals surface area contributed by atoms with Gasteiger partial charge in [0.2, 0.25) is 5.91 Å². The molecule has 0 aliphatic rings. The van der Waals surface area contributed by atoms with Crippen LogP contribution in [-0.4, -0.2) is 33.7 Å². The molecule has 9 heteroatoms. The van der Waals surface area contributed by atoms with E-state index in [-0.39, 0.29) is 6.54 Å². The zero-order valence-corrected chi connectivity index (χ0v) is 12.1. The highest BCUT2D eigenvalue weighted by atomic mass is 19.4. The van der Waals surface area contributed by atoms with Crippen molar-refractivity contribution in [1.82, 2.24) is 20.8 Å². The van der Waals surface area contributed by atoms with Crippen LogP contribution in [0.2, 0.25) is 0 Å². The average molecular weight is 306 g/mol. The number of nitrogens with one attached hydrogen (secondary N) is 3. The molecular weight excluding hydrogens is 289 g/mol. The van der Waals surface area contributed by atoms with Crippen molar-refractivity contribution in [3.63, 3.8) is 0 Å². The minimum atomic E-state index is -5.03. The zero-order chi connectivity index (χ0) is 16.4. The average Bonchev–Trinajstić information content (AvgIpc) is 2.64. The van der Waals surface area contributed by atoms with Crippen molar-refractivity contribution in [1.29, 1.82) is 0 Å². The second-order valence-electron chi connectivity index (χ2n) is 5.17. The summed E-state index contributed by atoms with van der Waals surface area (Å²) in [6.45, 7) is 6.00. The lowest BCUT2D eigenvalue weighted by molar-refractivity contribution is -0.176. The molecule has 0 atom stereocenters. The molecular formula is C12H17F3N4O2. The molecule has 1 aromatic rings. The normalized spacial score (nSPS) is 12.1. The van der Waals surface area contributed by atoms with Crippen LogP contribution in [0.5, 0.6) is 0 Å². The highest BCUT2D eigenvalue weighted by Crippen LogP contribution is 2.17. The van der Waals surface area contributed by atoms with Crippen molar-refractivity contribution < 1.29 is 22.8 Å². The van der Waals surface area contributed by atoms with Crippen LogP contribution in [-0.2, 0) is 16.1 Å². The van der Waals surface area contributed by atoms with Gasteiger partial charge in [0.25, 0.3) is 0 Å². The number of hydrogen-bond acceptors (Lipinski definition) is 3. The van der Waals surface area contributed by atoms with Gasteiger partial charge in [0.1, 0.15) is 5.54 Å². The Bertz CT molecular complexity index is 530. The van der Waals surface area contributed by atoms with Gasteiger partial charge in [-0.05, 0) is 27.7 Å². The van der Waals surface area contributed by atoms with E-state index in [1.807, 2.05) is 0 Å². The van der Waals surface area contributed by atoms with Crippen LogP contribution in [0.4, 0.5) is 13.2 Å². The van der Waals surface area contributed by atoms with Gasteiger partial charge in [-0.15, -0.1) is 0 Å². The second kappa shape index (κ2) is 5.74. The number of aromatic amines is 1. The van der Waals surface area contributed by atoms with E-state index in [0.29, 0.717) is 5.69 Å². The third kappa shape index (κ3) is 4.20. The number of aromatic nitrogens is 2. The molecule has 0 fully saturated rings. The molecule has 1 rings (SSSR count). The van der Waals surface area contributed by atoms with Crippen LogP contribution < -0.4 is 10.6 Å². The lowest BCUT2D eigenvalue weighted by atomic mass is 10.0. The summed E-state index contributed by atoms with van der Waals surface area (Å²) >= 11 is 0. The molecule has 1 heterocycles. The van der Waals surface area contributed by atoms with E-state index in [2.05, 4.69) is 15.5 Å². The Labute approximate surface area is 119 Å². The van der Waals surface area contributed by atoms with Gasteiger partial charge in [-0.3, -0.25) is 14.7 Å². The smallest absolute Gasteiger partial charge is 0.350 e. The van der Waals surface area contributed by atoms with Crippen molar-refractivity contribution in [3.05, 3.63) is 17.0 Å². The topological polar surface area (TPSA) is 86.9 Å². The molecule has 0 spiro atoms. The van der Waals surface area contributed by atoms with Crippen molar-refractivity contribution in [2.24, 2.45) is 0 Å². The van der Waals surface area contributed by atoms with Gasteiger partial charge in [0.05, 0.1) is 5.69 Å². The largest absolute Gasteiger partial charge is 0.471 e. The molecule has 0 aliphatic carbocycles. The number of carbonyl (C=O) groups is 2. The predicted molar refractivity (Wildman–Crippen MR) is 68.2 cm³/mol. The highest BCUT2D eigenvalue weighted by Gasteiger charge is 2.43. The number of rotatable bonds is 4. The number of alkyl halides is 3. The molecule has 2 amide bonds. The summed E-state index contributed by atoms with van der Waals surface area (Å²) in [7, 11) is 0. The van der Waals surface area contributed by atoms with Gasteiger partial charge >= 0.3 is 12.1 Å². The molecule has 1 aromatic heterocycles. The third-order valence-corrected chi connectivity index (χ3v) is 2.96. The summed E-state index contributed by atoms with van der Waals surface area (Å²) < 4.78 is 36.6. The van der Waals surface area contributed by atoms with E-state index >= 15 is 0 Å². The number of hydrogen-bond donors (Lipinski definition) is 3. The Kier molecular flexibility index (Phi) is 4.65. The van der Waals surface area contributed by atoms with Crippen LogP contribution >= 0.6 is 0 Å². The monoisotopic (exact) mass is 306 g/mol. The Hall–Kier alpha value is -2.06. The third-order valence-electron chi connectivity index (χ3n) is 2.96. The van der Waals surface area contributed by atoms with Gasteiger partial charge < -0.3 is 10.6 Å². The van der Waals surface area contributed by atoms with Gasteiger partial charge in [-0.25, -0.2) is 0 Å². The molecule has 0 aliphatic heterocycles. The number of amides is 2. The summed E-state index contributed by atoms with van der Waals surface area (Å²) in [5, 5.41) is 10.8. The quantitative estimate of drug-likeness (QED) is 0.778. The lowest BCUT2D eigenvalue weighted by Crippen LogP contribution is -2.57. The van der Waals surface area contributed by atoms with Gasteiger partial charge in [0, 0.05) is 17.8 Å². The first-order valence-electron chi connectivity index (χ1n) is 6.13. The van der Waals surface area contributed by atoms with Crippen molar-refractivity contribution >= 4 is 11.8 Å². The summed E-state index contributed by atoms with van der Waals surface area (Å²) in [5.41, 5.74) is 0.509. The van der Waals surface area contributed by atoms with E-state index in [9.17, 15) is 22.8 Å². The number of H-pyrrole nitrogens is 1. The summed E-state index contributed by atoms with van der Waals surface area (Å²) in [6.07, 6.45) is -5.03. The van der Waals surface area contributed by atoms with Gasteiger partial charge in [0.15, 0.2) is 0 Å². The number of carbonyl (C=O) groups excluding carboxylic acids is 2. The fourth-order valence-corrected chi connectivity index (χ4v) is 1.64. The first kappa shape index (κ1) is 17.0. The van der Waals surface area contributed by atoms with Crippen molar-refractivity contribution in [2.45, 2.75) is 46.0 Å². The Morgan fingerprint density at radius 3 is 2.19 bits per heavy atom. The number of aryl methyl sites for hydroxylation is 2. The number of nitrogens with zero attached hydrogens (tertiary/aromatic N) is 1. The van der Waals surface area contributed by atoms with Crippen LogP contribution in [0, 0.1) is 13.8 Å². The fourth-order valence-electron chi connectivity index (χ4n) is 1.64. The van der Waals surface area contributed by atoms with Crippen LogP contribution in [0.25, 0.3) is 0 Å². The second-order valence-corrected chi connectivity index (χ2v) is 5.17. The Morgan fingerprint density at radius 1 is 1.19 bits per heavy atom. The predicted octanol–water partition coefficient (Wildman–Crippen LogP) is 1.10. The minimum Gasteiger partial charge on any atom is -0.350 e. The molecule has 0 bridgehead atoms. The van der Waals surface area contributed by atoms with E-state index < -0.39 is 23.5 Å². The minimum absolute atomic E-state index is 0.109. The summed E-state index contributed by atoms with van der Waals surface area (Å²) in [4.78, 5) is 22.8.